The van der Waals surface area contributed by atoms with Crippen molar-refractivity contribution in [3.8, 4) is 0 Å². The van der Waals surface area contributed by atoms with Crippen LogP contribution in [0.5, 0.6) is 0 Å². The number of cyclic esters (lactones) is 1. The molecule has 1 aliphatic rings. The number of amides is 1. The molecule has 0 fully saturated rings. The van der Waals surface area contributed by atoms with Gasteiger partial charge in [0.1, 0.15) is 6.61 Å². The van der Waals surface area contributed by atoms with Crippen LogP contribution >= 0.6 is 0 Å². The highest BCUT2D eigenvalue weighted by atomic mass is 19.4. The van der Waals surface area contributed by atoms with E-state index in [2.05, 4.69) is 10.1 Å². The number of carbonyl (C=O) groups excluding carboxylic acids is 2. The van der Waals surface area contributed by atoms with Gasteiger partial charge in [0.2, 0.25) is 0 Å². The van der Waals surface area contributed by atoms with E-state index in [0.717, 1.165) is 11.1 Å². The molecule has 0 radical (unpaired) electrons. The number of benzene rings is 2. The summed E-state index contributed by atoms with van der Waals surface area (Å²) in [6.45, 7) is 0.305. The minimum atomic E-state index is -4.36. The largest absolute Gasteiger partial charge is 0.445 e. The normalized spacial score (nSPS) is 18.7. The van der Waals surface area contributed by atoms with Crippen LogP contribution in [0.4, 0.5) is 13.2 Å². The Morgan fingerprint density at radius 3 is 2.48 bits per heavy atom. The van der Waals surface area contributed by atoms with Crippen LogP contribution in [0.3, 0.4) is 0 Å². The van der Waals surface area contributed by atoms with Crippen molar-refractivity contribution in [2.24, 2.45) is 0 Å². The quantitative estimate of drug-likeness (QED) is 0.744. The van der Waals surface area contributed by atoms with Gasteiger partial charge in [0, 0.05) is 13.0 Å². The molecule has 5 nitrogen and oxygen atoms in total. The van der Waals surface area contributed by atoms with Gasteiger partial charge in [-0.05, 0) is 29.7 Å². The number of alkyl halides is 3. The van der Waals surface area contributed by atoms with Crippen LogP contribution in [0.1, 0.15) is 34.0 Å². The van der Waals surface area contributed by atoms with Crippen molar-refractivity contribution in [1.29, 1.82) is 0 Å². The fourth-order valence-corrected chi connectivity index (χ4v) is 3.07. The van der Waals surface area contributed by atoms with Crippen LogP contribution in [0.25, 0.3) is 0 Å². The molecule has 0 saturated carbocycles. The van der Waals surface area contributed by atoms with Crippen molar-refractivity contribution in [2.75, 3.05) is 6.61 Å². The first-order chi connectivity index (χ1) is 13.7. The molecule has 0 aromatic heterocycles. The van der Waals surface area contributed by atoms with E-state index in [1.165, 1.54) is 0 Å². The minimum absolute atomic E-state index is 0.153. The standard InChI is InChI=1S/C21H20F3NO4/c1-20(10-16-4-2-3-5-17(16)18(26)29-20)19(27)25-11-14-6-8-15(9-7-14)12-28-13-21(22,23)24/h2-9H,10-13H2,1H3,(H,25,27). The van der Waals surface area contributed by atoms with Crippen molar-refractivity contribution >= 4 is 11.9 Å². The van der Waals surface area contributed by atoms with E-state index in [-0.39, 0.29) is 19.6 Å². The maximum Gasteiger partial charge on any atom is 0.411 e. The molecule has 1 amide bonds. The summed E-state index contributed by atoms with van der Waals surface area (Å²) >= 11 is 0. The van der Waals surface area contributed by atoms with E-state index < -0.39 is 30.3 Å². The van der Waals surface area contributed by atoms with Crippen LogP contribution in [-0.4, -0.2) is 30.3 Å². The lowest BCUT2D eigenvalue weighted by Crippen LogP contribution is -2.51. The summed E-state index contributed by atoms with van der Waals surface area (Å²) in [5.74, 6) is -0.953. The van der Waals surface area contributed by atoms with Gasteiger partial charge in [0.05, 0.1) is 12.2 Å². The summed E-state index contributed by atoms with van der Waals surface area (Å²) in [4.78, 5) is 24.8. The van der Waals surface area contributed by atoms with Crippen LogP contribution in [0.2, 0.25) is 0 Å². The second-order valence-electron chi connectivity index (χ2n) is 7.06. The average molecular weight is 407 g/mol. The lowest BCUT2D eigenvalue weighted by molar-refractivity contribution is -0.176. The van der Waals surface area contributed by atoms with Gasteiger partial charge in [-0.2, -0.15) is 13.2 Å². The summed E-state index contributed by atoms with van der Waals surface area (Å²) in [6.07, 6.45) is -4.08. The topological polar surface area (TPSA) is 64.6 Å². The summed E-state index contributed by atoms with van der Waals surface area (Å²) in [5, 5.41) is 2.75. The molecule has 0 saturated heterocycles. The van der Waals surface area contributed by atoms with E-state index in [9.17, 15) is 22.8 Å². The van der Waals surface area contributed by atoms with Gasteiger partial charge in [-0.15, -0.1) is 0 Å². The fourth-order valence-electron chi connectivity index (χ4n) is 3.07. The molecule has 1 aliphatic heterocycles. The Balaban J connectivity index is 1.55. The van der Waals surface area contributed by atoms with Gasteiger partial charge in [-0.3, -0.25) is 4.79 Å². The van der Waals surface area contributed by atoms with E-state index >= 15 is 0 Å². The Morgan fingerprint density at radius 1 is 1.14 bits per heavy atom. The number of fused-ring (bicyclic) bond motifs is 1. The molecule has 8 heteroatoms. The van der Waals surface area contributed by atoms with Crippen molar-refractivity contribution in [1.82, 2.24) is 5.32 Å². The number of ether oxygens (including phenoxy) is 2. The number of nitrogens with one attached hydrogen (secondary N) is 1. The van der Waals surface area contributed by atoms with Gasteiger partial charge in [-0.25, -0.2) is 4.79 Å². The molecule has 1 N–H and O–H groups in total. The molecule has 1 atom stereocenters. The van der Waals surface area contributed by atoms with Crippen molar-refractivity contribution in [3.05, 3.63) is 70.8 Å². The molecule has 2 aromatic carbocycles. The molecule has 0 spiro atoms. The Bertz CT molecular complexity index is 896. The molecule has 0 aliphatic carbocycles. The predicted octanol–water partition coefficient (Wildman–Crippen LogP) is 3.55. The smallest absolute Gasteiger partial charge is 0.411 e. The van der Waals surface area contributed by atoms with Crippen LogP contribution in [0, 0.1) is 0 Å². The second-order valence-corrected chi connectivity index (χ2v) is 7.06. The first kappa shape index (κ1) is 20.9. The maximum absolute atomic E-state index is 12.6. The maximum atomic E-state index is 12.6. The second kappa shape index (κ2) is 8.24. The van der Waals surface area contributed by atoms with E-state index in [4.69, 9.17) is 4.74 Å². The van der Waals surface area contributed by atoms with E-state index in [1.807, 2.05) is 0 Å². The molecule has 1 heterocycles. The van der Waals surface area contributed by atoms with Crippen LogP contribution in [0.15, 0.2) is 48.5 Å². The highest BCUT2D eigenvalue weighted by Crippen LogP contribution is 2.28. The summed E-state index contributed by atoms with van der Waals surface area (Å²) in [5.41, 5.74) is 1.25. The lowest BCUT2D eigenvalue weighted by atomic mass is 9.89. The molecule has 2 aromatic rings. The molecular weight excluding hydrogens is 387 g/mol. The van der Waals surface area contributed by atoms with Crippen molar-refractivity contribution in [2.45, 2.75) is 38.3 Å². The van der Waals surface area contributed by atoms with Gasteiger partial charge >= 0.3 is 12.1 Å². The number of hydrogen-bond acceptors (Lipinski definition) is 4. The zero-order valence-electron chi connectivity index (χ0n) is 15.7. The van der Waals surface area contributed by atoms with Gasteiger partial charge in [0.15, 0.2) is 5.60 Å². The zero-order valence-corrected chi connectivity index (χ0v) is 15.7. The highest BCUT2D eigenvalue weighted by molar-refractivity contribution is 5.97. The first-order valence-electron chi connectivity index (χ1n) is 8.98. The number of carbonyl (C=O) groups is 2. The SMILES string of the molecule is CC1(C(=O)NCc2ccc(COCC(F)(F)F)cc2)Cc2ccccc2C(=O)O1. The molecule has 0 bridgehead atoms. The van der Waals surface area contributed by atoms with Gasteiger partial charge < -0.3 is 14.8 Å². The average Bonchev–Trinajstić information content (AvgIpc) is 2.66. The van der Waals surface area contributed by atoms with Crippen molar-refractivity contribution in [3.63, 3.8) is 0 Å². The first-order valence-corrected chi connectivity index (χ1v) is 8.98. The third-order valence-electron chi connectivity index (χ3n) is 4.57. The van der Waals surface area contributed by atoms with Crippen LogP contribution in [-0.2, 0) is 33.8 Å². The number of hydrogen-bond donors (Lipinski definition) is 1. The number of halogens is 3. The molecule has 3 rings (SSSR count). The summed E-state index contributed by atoms with van der Waals surface area (Å²) < 4.78 is 46.3. The van der Waals surface area contributed by atoms with Gasteiger partial charge in [-0.1, -0.05) is 42.5 Å². The van der Waals surface area contributed by atoms with Crippen molar-refractivity contribution < 1.29 is 32.2 Å². The Labute approximate surface area is 165 Å². The monoisotopic (exact) mass is 407 g/mol. The minimum Gasteiger partial charge on any atom is -0.445 e. The zero-order chi connectivity index (χ0) is 21.1. The Hall–Kier alpha value is -2.87. The lowest BCUT2D eigenvalue weighted by Gasteiger charge is -2.33. The van der Waals surface area contributed by atoms with E-state index in [0.29, 0.717) is 11.1 Å². The third-order valence-corrected chi connectivity index (χ3v) is 4.57. The molecule has 1 unspecified atom stereocenters. The predicted molar refractivity (Wildman–Crippen MR) is 98.0 cm³/mol. The number of rotatable bonds is 6. The highest BCUT2D eigenvalue weighted by Gasteiger charge is 2.42. The fraction of sp³-hybridized carbons (Fsp3) is 0.333. The Kier molecular flexibility index (Phi) is 5.93. The molecular formula is C21H20F3NO4. The summed E-state index contributed by atoms with van der Waals surface area (Å²) in [6, 6.07) is 13.6. The number of esters is 1. The van der Waals surface area contributed by atoms with Crippen LogP contribution < -0.4 is 5.32 Å². The summed E-state index contributed by atoms with van der Waals surface area (Å²) in [7, 11) is 0. The molecule has 29 heavy (non-hydrogen) atoms. The van der Waals surface area contributed by atoms with Gasteiger partial charge in [0.25, 0.3) is 5.91 Å². The molecule has 154 valence electrons. The Morgan fingerprint density at radius 2 is 1.79 bits per heavy atom. The third kappa shape index (κ3) is 5.35. The van der Waals surface area contributed by atoms with E-state index in [1.54, 1.807) is 55.5 Å².